The van der Waals surface area contributed by atoms with Crippen molar-refractivity contribution in [3.8, 4) is 6.07 Å². The lowest BCUT2D eigenvalue weighted by Gasteiger charge is -2.29. The van der Waals surface area contributed by atoms with Crippen LogP contribution in [-0.2, 0) is 0 Å². The van der Waals surface area contributed by atoms with E-state index in [1.807, 2.05) is 37.3 Å². The van der Waals surface area contributed by atoms with E-state index in [-0.39, 0.29) is 11.5 Å². The molecule has 0 radical (unpaired) electrons. The van der Waals surface area contributed by atoms with E-state index in [1.165, 1.54) is 11.8 Å². The summed E-state index contributed by atoms with van der Waals surface area (Å²) in [6.45, 7) is 4.84. The molecular weight excluding hydrogens is 420 g/mol. The van der Waals surface area contributed by atoms with Crippen molar-refractivity contribution in [3.63, 3.8) is 0 Å². The Labute approximate surface area is 184 Å². The molecule has 0 bridgehead atoms. The van der Waals surface area contributed by atoms with E-state index >= 15 is 0 Å². The van der Waals surface area contributed by atoms with E-state index in [1.54, 1.807) is 11.0 Å². The molecule has 30 heavy (non-hydrogen) atoms. The number of aryl methyl sites for hydroxylation is 1. The average molecular weight is 441 g/mol. The highest BCUT2D eigenvalue weighted by molar-refractivity contribution is 8.09. The molecule has 2 aromatic rings. The second-order valence-corrected chi connectivity index (χ2v) is 8.55. The summed E-state index contributed by atoms with van der Waals surface area (Å²) in [5.41, 5.74) is 3.69. The molecule has 7 nitrogen and oxygen atoms in total. The Bertz CT molecular complexity index is 1020. The number of nitrogens with one attached hydrogen (secondary N) is 3. The molecule has 1 saturated heterocycles. The van der Waals surface area contributed by atoms with Crippen molar-refractivity contribution in [1.29, 1.82) is 5.26 Å². The van der Waals surface area contributed by atoms with Crippen LogP contribution in [0.5, 0.6) is 0 Å². The van der Waals surface area contributed by atoms with Gasteiger partial charge in [-0.1, -0.05) is 35.5 Å². The van der Waals surface area contributed by atoms with Crippen LogP contribution >= 0.6 is 23.4 Å². The standard InChI is InChI=1S/C21H21ClN6OS/c1-13-9-16(11-17(22)25-13)19-18(15-4-2-3-14(10-15)12-23)26-20(30-19)27-21(29)28-7-5-24-6-8-28/h2-4,9-11,20,24,26H,5-8H2,1H3,(H,27,29). The Morgan fingerprint density at radius 1 is 1.30 bits per heavy atom. The monoisotopic (exact) mass is 440 g/mol. The van der Waals surface area contributed by atoms with E-state index in [0.717, 1.165) is 40.5 Å². The van der Waals surface area contributed by atoms with Gasteiger partial charge in [0.15, 0.2) is 5.50 Å². The number of aromatic nitrogens is 1. The number of amides is 2. The topological polar surface area (TPSA) is 93.1 Å². The van der Waals surface area contributed by atoms with Crippen LogP contribution in [0.25, 0.3) is 10.6 Å². The Morgan fingerprint density at radius 3 is 2.83 bits per heavy atom. The van der Waals surface area contributed by atoms with Gasteiger partial charge < -0.3 is 20.9 Å². The van der Waals surface area contributed by atoms with Crippen molar-refractivity contribution in [1.82, 2.24) is 25.8 Å². The third-order valence-corrected chi connectivity index (χ3v) is 6.20. The van der Waals surface area contributed by atoms with Crippen LogP contribution in [0.3, 0.4) is 0 Å². The number of hydrogen-bond donors (Lipinski definition) is 3. The van der Waals surface area contributed by atoms with Gasteiger partial charge in [0.25, 0.3) is 0 Å². The predicted octanol–water partition coefficient (Wildman–Crippen LogP) is 2.98. The number of thioether (sulfide) groups is 1. The first-order valence-electron chi connectivity index (χ1n) is 9.62. The second-order valence-electron chi connectivity index (χ2n) is 7.05. The zero-order valence-electron chi connectivity index (χ0n) is 16.4. The van der Waals surface area contributed by atoms with E-state index in [2.05, 4.69) is 27.0 Å². The highest BCUT2D eigenvalue weighted by Gasteiger charge is 2.29. The third kappa shape index (κ3) is 4.54. The lowest BCUT2D eigenvalue weighted by Crippen LogP contribution is -2.53. The van der Waals surface area contributed by atoms with Gasteiger partial charge in [-0.05, 0) is 36.8 Å². The lowest BCUT2D eigenvalue weighted by atomic mass is 10.1. The molecule has 1 fully saturated rings. The summed E-state index contributed by atoms with van der Waals surface area (Å²) in [6.07, 6.45) is 0. The van der Waals surface area contributed by atoms with Crippen LogP contribution in [-0.4, -0.2) is 47.6 Å². The smallest absolute Gasteiger partial charge is 0.319 e. The maximum absolute atomic E-state index is 12.7. The van der Waals surface area contributed by atoms with E-state index in [9.17, 15) is 10.1 Å². The molecule has 154 valence electrons. The van der Waals surface area contributed by atoms with Gasteiger partial charge in [0.05, 0.1) is 17.3 Å². The van der Waals surface area contributed by atoms with Crippen molar-refractivity contribution in [2.45, 2.75) is 12.4 Å². The number of rotatable bonds is 3. The summed E-state index contributed by atoms with van der Waals surface area (Å²) < 4.78 is 0. The highest BCUT2D eigenvalue weighted by Crippen LogP contribution is 2.42. The molecule has 0 aliphatic carbocycles. The maximum atomic E-state index is 12.7. The van der Waals surface area contributed by atoms with Gasteiger partial charge in [-0.25, -0.2) is 9.78 Å². The Morgan fingerprint density at radius 2 is 2.10 bits per heavy atom. The number of hydrogen-bond acceptors (Lipinski definition) is 6. The summed E-state index contributed by atoms with van der Waals surface area (Å²) in [5, 5.41) is 19.4. The fraction of sp³-hybridized carbons (Fsp3) is 0.286. The Balaban J connectivity index is 1.64. The average Bonchev–Trinajstić information content (AvgIpc) is 3.17. The van der Waals surface area contributed by atoms with Crippen LogP contribution in [0.4, 0.5) is 4.79 Å². The fourth-order valence-corrected chi connectivity index (χ4v) is 4.84. The van der Waals surface area contributed by atoms with Gasteiger partial charge in [-0.3, -0.25) is 0 Å². The molecule has 3 heterocycles. The highest BCUT2D eigenvalue weighted by atomic mass is 35.5. The number of nitriles is 1. The Hall–Kier alpha value is -2.73. The van der Waals surface area contributed by atoms with Gasteiger partial charge in [-0.15, -0.1) is 0 Å². The maximum Gasteiger partial charge on any atom is 0.319 e. The number of carbonyl (C=O) groups excluding carboxylic acids is 1. The Kier molecular flexibility index (Phi) is 6.13. The number of piperazine rings is 1. The number of urea groups is 1. The quantitative estimate of drug-likeness (QED) is 0.635. The number of halogens is 1. The minimum absolute atomic E-state index is 0.100. The molecule has 0 spiro atoms. The number of carbonyl (C=O) groups is 1. The first kappa shape index (κ1) is 20.5. The molecule has 1 unspecified atom stereocenters. The molecule has 1 atom stereocenters. The van der Waals surface area contributed by atoms with Crippen molar-refractivity contribution in [2.24, 2.45) is 0 Å². The van der Waals surface area contributed by atoms with E-state index < -0.39 is 0 Å². The van der Waals surface area contributed by atoms with Crippen molar-refractivity contribution >= 4 is 40.0 Å². The summed E-state index contributed by atoms with van der Waals surface area (Å²) in [5.74, 6) is 0. The molecule has 3 N–H and O–H groups in total. The number of pyridine rings is 1. The summed E-state index contributed by atoms with van der Waals surface area (Å²) in [4.78, 5) is 19.7. The minimum atomic E-state index is -0.338. The second kappa shape index (κ2) is 8.96. The van der Waals surface area contributed by atoms with Crippen LogP contribution < -0.4 is 16.0 Å². The summed E-state index contributed by atoms with van der Waals surface area (Å²) in [7, 11) is 0. The first-order chi connectivity index (χ1) is 14.5. The molecule has 2 aliphatic heterocycles. The van der Waals surface area contributed by atoms with Crippen LogP contribution in [0.2, 0.25) is 5.15 Å². The summed E-state index contributed by atoms with van der Waals surface area (Å²) >= 11 is 7.72. The van der Waals surface area contributed by atoms with Crippen molar-refractivity contribution in [3.05, 3.63) is 63.9 Å². The molecule has 9 heteroatoms. The predicted molar refractivity (Wildman–Crippen MR) is 119 cm³/mol. The molecule has 1 aromatic heterocycles. The van der Waals surface area contributed by atoms with Crippen LogP contribution in [0, 0.1) is 18.3 Å². The zero-order valence-corrected chi connectivity index (χ0v) is 18.0. The van der Waals surface area contributed by atoms with E-state index in [0.29, 0.717) is 23.8 Å². The fourth-order valence-electron chi connectivity index (χ4n) is 3.47. The first-order valence-corrected chi connectivity index (χ1v) is 10.9. The van der Waals surface area contributed by atoms with Gasteiger partial charge >= 0.3 is 6.03 Å². The van der Waals surface area contributed by atoms with Gasteiger partial charge in [0.1, 0.15) is 5.15 Å². The zero-order chi connectivity index (χ0) is 21.1. The normalized spacial score (nSPS) is 18.7. The van der Waals surface area contributed by atoms with Gasteiger partial charge in [-0.2, -0.15) is 5.26 Å². The molecule has 2 aliphatic rings. The molecular formula is C21H21ClN6OS. The number of benzene rings is 1. The molecule has 1 aromatic carbocycles. The SMILES string of the molecule is Cc1cc(C2=C(c3cccc(C#N)c3)NC(NC(=O)N3CCNCC3)S2)cc(Cl)n1. The van der Waals surface area contributed by atoms with Crippen LogP contribution in [0.15, 0.2) is 36.4 Å². The van der Waals surface area contributed by atoms with Crippen molar-refractivity contribution in [2.75, 3.05) is 26.2 Å². The van der Waals surface area contributed by atoms with E-state index in [4.69, 9.17) is 11.6 Å². The van der Waals surface area contributed by atoms with Crippen LogP contribution in [0.1, 0.15) is 22.4 Å². The van der Waals surface area contributed by atoms with Crippen molar-refractivity contribution < 1.29 is 4.79 Å². The van der Waals surface area contributed by atoms with Gasteiger partial charge in [0, 0.05) is 42.3 Å². The molecule has 4 rings (SSSR count). The van der Waals surface area contributed by atoms with Gasteiger partial charge in [0.2, 0.25) is 0 Å². The summed E-state index contributed by atoms with van der Waals surface area (Å²) in [6, 6.07) is 13.2. The number of nitrogens with zero attached hydrogens (tertiary/aromatic N) is 3. The lowest BCUT2D eigenvalue weighted by molar-refractivity contribution is 0.189. The molecule has 2 amide bonds. The largest absolute Gasteiger partial charge is 0.355 e. The molecule has 0 saturated carbocycles. The minimum Gasteiger partial charge on any atom is -0.355 e. The third-order valence-electron chi connectivity index (χ3n) is 4.86.